The van der Waals surface area contributed by atoms with E-state index in [0.29, 0.717) is 35.7 Å². The summed E-state index contributed by atoms with van der Waals surface area (Å²) in [5.74, 6) is -1.21. The van der Waals surface area contributed by atoms with Crippen molar-refractivity contribution in [3.63, 3.8) is 0 Å². The molecule has 4 rings (SSSR count). The minimum atomic E-state index is -3.47. The van der Waals surface area contributed by atoms with Crippen molar-refractivity contribution < 1.29 is 23.2 Å². The van der Waals surface area contributed by atoms with Gasteiger partial charge in [0.1, 0.15) is 0 Å². The third-order valence-electron chi connectivity index (χ3n) is 7.98. The lowest BCUT2D eigenvalue weighted by Crippen LogP contribution is -2.58. The highest BCUT2D eigenvalue weighted by atomic mass is 35.5. The van der Waals surface area contributed by atoms with Gasteiger partial charge in [0.25, 0.3) is 0 Å². The monoisotopic (exact) mass is 595 g/mol. The van der Waals surface area contributed by atoms with Crippen LogP contribution in [0.15, 0.2) is 48.5 Å². The largest absolute Gasteiger partial charge is 0.330 e. The van der Waals surface area contributed by atoms with Crippen LogP contribution in [0.5, 0.6) is 0 Å². The number of hydrogen-bond acceptors (Lipinski definition) is 5. The lowest BCUT2D eigenvalue weighted by atomic mass is 9.67. The fourth-order valence-corrected chi connectivity index (χ4v) is 7.72. The third kappa shape index (κ3) is 6.28. The predicted molar refractivity (Wildman–Crippen MR) is 151 cm³/mol. The molecule has 1 heterocycles. The number of hydrogen-bond donors (Lipinski definition) is 2. The zero-order chi connectivity index (χ0) is 28.5. The van der Waals surface area contributed by atoms with E-state index in [0.717, 1.165) is 11.1 Å². The van der Waals surface area contributed by atoms with Crippen LogP contribution in [-0.4, -0.2) is 59.5 Å². The van der Waals surface area contributed by atoms with Crippen LogP contribution in [0.1, 0.15) is 69.0 Å². The third-order valence-corrected chi connectivity index (χ3v) is 10.8. The first-order valence-electron chi connectivity index (χ1n) is 13.1. The molecule has 2 amide bonds. The molecule has 0 aromatic heterocycles. The van der Waals surface area contributed by atoms with Gasteiger partial charge >= 0.3 is 0 Å². The highest BCUT2D eigenvalue weighted by molar-refractivity contribution is 7.90. The standard InChI is InChI=1S/C28H35Cl2N3O5S/c1-4-22(17-32(3)39(37,38)23-12-13-23)33-26(18-8-10-20(29)11-9-18)24(19-6-5-7-21(30)14-19)15-28(2,27(33)35)16-25(34)31-36/h5-11,14,22-24,26,36H,4,12-13,15-17H2,1-3H3,(H,31,34)/t22?,24-,26-,28-/m1/s1. The van der Waals surface area contributed by atoms with Gasteiger partial charge in [-0.2, -0.15) is 0 Å². The van der Waals surface area contributed by atoms with Gasteiger partial charge in [-0.1, -0.05) is 61.3 Å². The Labute approximate surface area is 240 Å². The van der Waals surface area contributed by atoms with Crippen LogP contribution in [0.25, 0.3) is 0 Å². The van der Waals surface area contributed by atoms with E-state index in [1.165, 1.54) is 4.31 Å². The molecule has 1 aliphatic carbocycles. The molecular formula is C28H35Cl2N3O5S. The molecule has 2 aromatic carbocycles. The highest BCUT2D eigenvalue weighted by Crippen LogP contribution is 2.52. The number of sulfonamides is 1. The first kappa shape index (κ1) is 29.8. The van der Waals surface area contributed by atoms with E-state index in [4.69, 9.17) is 23.2 Å². The molecule has 11 heteroatoms. The Morgan fingerprint density at radius 2 is 1.82 bits per heavy atom. The summed E-state index contributed by atoms with van der Waals surface area (Å²) in [6.07, 6.45) is 1.87. The second kappa shape index (κ2) is 11.7. The molecule has 1 unspecified atom stereocenters. The smallest absolute Gasteiger partial charge is 0.244 e. The lowest BCUT2D eigenvalue weighted by molar-refractivity contribution is -0.158. The number of rotatable bonds is 10. The van der Waals surface area contributed by atoms with Gasteiger partial charge in [0, 0.05) is 42.0 Å². The summed E-state index contributed by atoms with van der Waals surface area (Å²) in [6, 6.07) is 13.8. The van der Waals surface area contributed by atoms with Crippen LogP contribution in [0, 0.1) is 5.41 Å². The first-order chi connectivity index (χ1) is 18.4. The molecule has 212 valence electrons. The molecule has 0 spiro atoms. The predicted octanol–water partition coefficient (Wildman–Crippen LogP) is 5.16. The number of likely N-dealkylation sites (tertiary alicyclic amines) is 1. The minimum absolute atomic E-state index is 0.121. The number of hydroxylamine groups is 1. The van der Waals surface area contributed by atoms with Gasteiger partial charge in [0.15, 0.2) is 0 Å². The Balaban J connectivity index is 1.86. The first-order valence-corrected chi connectivity index (χ1v) is 15.4. The molecule has 39 heavy (non-hydrogen) atoms. The molecule has 0 radical (unpaired) electrons. The number of carbonyl (C=O) groups is 2. The second-order valence-electron chi connectivity index (χ2n) is 10.9. The molecule has 2 fully saturated rings. The van der Waals surface area contributed by atoms with Crippen LogP contribution in [-0.2, 0) is 19.6 Å². The maximum atomic E-state index is 14.4. The quantitative estimate of drug-likeness (QED) is 0.291. The minimum Gasteiger partial charge on any atom is -0.330 e. The summed E-state index contributed by atoms with van der Waals surface area (Å²) in [4.78, 5) is 28.6. The van der Waals surface area contributed by atoms with Gasteiger partial charge < -0.3 is 4.90 Å². The summed E-state index contributed by atoms with van der Waals surface area (Å²) in [5, 5.41) is 10.0. The van der Waals surface area contributed by atoms with Crippen molar-refractivity contribution in [1.82, 2.24) is 14.7 Å². The summed E-state index contributed by atoms with van der Waals surface area (Å²) < 4.78 is 27.5. The van der Waals surface area contributed by atoms with Crippen LogP contribution in [0.3, 0.4) is 0 Å². The van der Waals surface area contributed by atoms with Gasteiger partial charge in [-0.05, 0) is 61.1 Å². The average Bonchev–Trinajstić information content (AvgIpc) is 3.75. The number of halogens is 2. The van der Waals surface area contributed by atoms with Crippen molar-refractivity contribution >= 4 is 45.0 Å². The van der Waals surface area contributed by atoms with E-state index >= 15 is 0 Å². The van der Waals surface area contributed by atoms with E-state index in [1.807, 2.05) is 37.3 Å². The number of piperidine rings is 1. The number of amides is 2. The number of nitrogens with zero attached hydrogens (tertiary/aromatic N) is 2. The maximum Gasteiger partial charge on any atom is 0.244 e. The van der Waals surface area contributed by atoms with E-state index in [1.54, 1.807) is 42.6 Å². The normalized spacial score (nSPS) is 24.6. The van der Waals surface area contributed by atoms with Crippen LogP contribution < -0.4 is 5.48 Å². The van der Waals surface area contributed by atoms with E-state index in [2.05, 4.69) is 0 Å². The van der Waals surface area contributed by atoms with Gasteiger partial charge in [0.05, 0.1) is 16.7 Å². The molecule has 1 aliphatic heterocycles. The van der Waals surface area contributed by atoms with Crippen molar-refractivity contribution in [2.45, 2.75) is 69.2 Å². The van der Waals surface area contributed by atoms with E-state index < -0.39 is 33.4 Å². The Kier molecular flexibility index (Phi) is 8.98. The Morgan fingerprint density at radius 1 is 1.15 bits per heavy atom. The summed E-state index contributed by atoms with van der Waals surface area (Å²) in [5.41, 5.74) is 2.24. The van der Waals surface area contributed by atoms with Gasteiger partial charge in [-0.15, -0.1) is 0 Å². The van der Waals surface area contributed by atoms with Crippen molar-refractivity contribution in [2.75, 3.05) is 13.6 Å². The molecule has 2 aliphatic rings. The number of nitrogens with one attached hydrogen (secondary N) is 1. The number of benzene rings is 2. The second-order valence-corrected chi connectivity index (χ2v) is 14.1. The Morgan fingerprint density at radius 3 is 2.38 bits per heavy atom. The Hall–Kier alpha value is -2.17. The summed E-state index contributed by atoms with van der Waals surface area (Å²) in [7, 11) is -1.91. The maximum absolute atomic E-state index is 14.4. The van der Waals surface area contributed by atoms with E-state index in [-0.39, 0.29) is 30.0 Å². The van der Waals surface area contributed by atoms with Crippen molar-refractivity contribution in [3.05, 3.63) is 69.7 Å². The Bertz CT molecular complexity index is 1320. The molecule has 4 atom stereocenters. The molecule has 2 aromatic rings. The molecule has 1 saturated heterocycles. The fourth-order valence-electron chi connectivity index (χ4n) is 5.78. The highest BCUT2D eigenvalue weighted by Gasteiger charge is 2.52. The topological polar surface area (TPSA) is 107 Å². The lowest BCUT2D eigenvalue weighted by Gasteiger charge is -2.52. The molecule has 2 N–H and O–H groups in total. The van der Waals surface area contributed by atoms with Crippen LogP contribution in [0.4, 0.5) is 0 Å². The molecular weight excluding hydrogens is 561 g/mol. The number of likely N-dealkylation sites (N-methyl/N-ethyl adjacent to an activating group) is 1. The van der Waals surface area contributed by atoms with Gasteiger partial charge in [-0.25, -0.2) is 18.2 Å². The number of carbonyl (C=O) groups excluding carboxylic acids is 2. The van der Waals surface area contributed by atoms with Crippen LogP contribution >= 0.6 is 23.2 Å². The molecule has 1 saturated carbocycles. The van der Waals surface area contributed by atoms with E-state index in [9.17, 15) is 23.2 Å². The summed E-state index contributed by atoms with van der Waals surface area (Å²) >= 11 is 12.6. The molecule has 8 nitrogen and oxygen atoms in total. The average molecular weight is 597 g/mol. The SMILES string of the molecule is CCC(CN(C)S(=O)(=O)C1CC1)N1C(=O)[C@@](C)(CC(=O)NO)C[C@H](c2cccc(Cl)c2)[C@H]1c1ccc(Cl)cc1. The van der Waals surface area contributed by atoms with Gasteiger partial charge in [0.2, 0.25) is 21.8 Å². The van der Waals surface area contributed by atoms with Crippen LogP contribution in [0.2, 0.25) is 10.0 Å². The summed E-state index contributed by atoms with van der Waals surface area (Å²) in [6.45, 7) is 3.77. The van der Waals surface area contributed by atoms with Gasteiger partial charge in [-0.3, -0.25) is 14.8 Å². The van der Waals surface area contributed by atoms with Crippen molar-refractivity contribution in [2.24, 2.45) is 5.41 Å². The molecule has 0 bridgehead atoms. The van der Waals surface area contributed by atoms with Crippen molar-refractivity contribution in [3.8, 4) is 0 Å². The fraction of sp³-hybridized carbons (Fsp3) is 0.500. The van der Waals surface area contributed by atoms with Crippen molar-refractivity contribution in [1.29, 1.82) is 0 Å². The zero-order valence-corrected chi connectivity index (χ0v) is 24.6. The zero-order valence-electron chi connectivity index (χ0n) is 22.3.